The number of aromatic amines is 2. The van der Waals surface area contributed by atoms with Crippen molar-refractivity contribution >= 4 is 11.3 Å². The Morgan fingerprint density at radius 2 is 1.78 bits per heavy atom. The summed E-state index contributed by atoms with van der Waals surface area (Å²) in [6, 6.07) is 5.99. The van der Waals surface area contributed by atoms with E-state index >= 15 is 0 Å². The number of aliphatic hydroxyl groups excluding tert-OH is 1. The van der Waals surface area contributed by atoms with E-state index in [2.05, 4.69) is 33.8 Å². The molecule has 3 N–H and O–H groups in total. The molecule has 0 aliphatic carbocycles. The number of imidazole rings is 1. The number of fused-ring (bicyclic) bond motifs is 1. The molecule has 1 atom stereocenters. The van der Waals surface area contributed by atoms with E-state index in [0.717, 1.165) is 11.1 Å². The minimum atomic E-state index is -0.360. The van der Waals surface area contributed by atoms with Gasteiger partial charge in [0.1, 0.15) is 5.75 Å². The van der Waals surface area contributed by atoms with Crippen LogP contribution in [0.25, 0.3) is 22.6 Å². The summed E-state index contributed by atoms with van der Waals surface area (Å²) in [4.78, 5) is 26.4. The number of ether oxygens (including phenoxy) is 1. The van der Waals surface area contributed by atoms with Crippen molar-refractivity contribution < 1.29 is 9.84 Å². The number of methoxy groups -OCH3 is 1. The Morgan fingerprint density at radius 1 is 1.11 bits per heavy atom. The standard InChI is InChI=1S/C20H26N4O3/c1-10(2)12-6-7-15(27-5)13(8-12)16-17(14(9-25)11(3)4)22-19-18(21-16)23-20(26)24-19/h6-8,10-11,14,25H,9H2,1-5H3,(H2,21,22,23,24,26)/t14-/m0/s1. The molecule has 3 rings (SSSR count). The summed E-state index contributed by atoms with van der Waals surface area (Å²) in [7, 11) is 1.61. The number of nitrogens with one attached hydrogen (secondary N) is 2. The predicted molar refractivity (Wildman–Crippen MR) is 105 cm³/mol. The lowest BCUT2D eigenvalue weighted by Crippen LogP contribution is -2.15. The maximum absolute atomic E-state index is 11.7. The second-order valence-corrected chi connectivity index (χ2v) is 7.38. The average Bonchev–Trinajstić information content (AvgIpc) is 2.99. The van der Waals surface area contributed by atoms with Gasteiger partial charge in [-0.15, -0.1) is 0 Å². The van der Waals surface area contributed by atoms with Crippen LogP contribution in [0.3, 0.4) is 0 Å². The molecule has 1 aromatic carbocycles. The van der Waals surface area contributed by atoms with E-state index in [9.17, 15) is 9.90 Å². The zero-order valence-corrected chi connectivity index (χ0v) is 16.3. The Balaban J connectivity index is 2.35. The minimum Gasteiger partial charge on any atom is -0.496 e. The van der Waals surface area contributed by atoms with Crippen LogP contribution in [0, 0.1) is 5.92 Å². The van der Waals surface area contributed by atoms with Crippen LogP contribution in [0.4, 0.5) is 0 Å². The molecule has 27 heavy (non-hydrogen) atoms. The highest BCUT2D eigenvalue weighted by molar-refractivity contribution is 5.76. The highest BCUT2D eigenvalue weighted by Gasteiger charge is 2.25. The van der Waals surface area contributed by atoms with Gasteiger partial charge in [-0.25, -0.2) is 14.8 Å². The van der Waals surface area contributed by atoms with Crippen LogP contribution in [-0.2, 0) is 0 Å². The van der Waals surface area contributed by atoms with E-state index < -0.39 is 0 Å². The SMILES string of the molecule is COc1ccc(C(C)C)cc1-c1nc2[nH]c(=O)[nH]c2nc1[C@@H](CO)C(C)C. The van der Waals surface area contributed by atoms with Gasteiger partial charge in [-0.05, 0) is 29.5 Å². The van der Waals surface area contributed by atoms with Crippen molar-refractivity contribution in [3.05, 3.63) is 39.9 Å². The third-order valence-electron chi connectivity index (χ3n) is 4.88. The van der Waals surface area contributed by atoms with Crippen molar-refractivity contribution in [1.82, 2.24) is 19.9 Å². The van der Waals surface area contributed by atoms with Gasteiger partial charge in [0.2, 0.25) is 0 Å². The third kappa shape index (κ3) is 3.60. The summed E-state index contributed by atoms with van der Waals surface area (Å²) in [5, 5.41) is 9.99. The lowest BCUT2D eigenvalue weighted by molar-refractivity contribution is 0.235. The molecule has 0 unspecified atom stereocenters. The summed E-state index contributed by atoms with van der Waals surface area (Å²) < 4.78 is 5.57. The molecule has 7 nitrogen and oxygen atoms in total. The van der Waals surface area contributed by atoms with Gasteiger partial charge in [0, 0.05) is 11.5 Å². The molecule has 3 aromatic rings. The second kappa shape index (κ2) is 7.52. The van der Waals surface area contributed by atoms with Crippen LogP contribution in [0.1, 0.15) is 50.8 Å². The Labute approximate surface area is 157 Å². The molecule has 2 heterocycles. The van der Waals surface area contributed by atoms with Crippen LogP contribution in [0.15, 0.2) is 23.0 Å². The van der Waals surface area contributed by atoms with E-state index in [1.54, 1.807) is 7.11 Å². The zero-order chi connectivity index (χ0) is 19.7. The first-order valence-electron chi connectivity index (χ1n) is 9.14. The molecule has 0 amide bonds. The summed E-state index contributed by atoms with van der Waals surface area (Å²) >= 11 is 0. The van der Waals surface area contributed by atoms with Crippen LogP contribution in [0.5, 0.6) is 5.75 Å². The molecule has 0 saturated heterocycles. The van der Waals surface area contributed by atoms with E-state index in [-0.39, 0.29) is 24.1 Å². The van der Waals surface area contributed by atoms with E-state index in [4.69, 9.17) is 4.74 Å². The van der Waals surface area contributed by atoms with Crippen molar-refractivity contribution in [2.75, 3.05) is 13.7 Å². The summed E-state index contributed by atoms with van der Waals surface area (Å²) in [6.07, 6.45) is 0. The Kier molecular flexibility index (Phi) is 5.32. The van der Waals surface area contributed by atoms with Gasteiger partial charge in [-0.1, -0.05) is 33.8 Å². The van der Waals surface area contributed by atoms with Gasteiger partial charge in [0.25, 0.3) is 0 Å². The molecule has 0 saturated carbocycles. The molecular weight excluding hydrogens is 344 g/mol. The number of H-pyrrole nitrogens is 2. The molecule has 0 aliphatic rings. The number of nitrogens with zero attached hydrogens (tertiary/aromatic N) is 2. The number of rotatable bonds is 6. The molecule has 0 aliphatic heterocycles. The zero-order valence-electron chi connectivity index (χ0n) is 16.3. The van der Waals surface area contributed by atoms with Gasteiger partial charge >= 0.3 is 5.69 Å². The lowest BCUT2D eigenvalue weighted by atomic mass is 9.89. The largest absolute Gasteiger partial charge is 0.496 e. The number of hydrogen-bond acceptors (Lipinski definition) is 5. The molecule has 0 bridgehead atoms. The first-order valence-corrected chi connectivity index (χ1v) is 9.14. The van der Waals surface area contributed by atoms with Crippen molar-refractivity contribution in [2.24, 2.45) is 5.92 Å². The highest BCUT2D eigenvalue weighted by Crippen LogP contribution is 2.37. The molecule has 0 radical (unpaired) electrons. The smallest absolute Gasteiger partial charge is 0.326 e. The van der Waals surface area contributed by atoms with Crippen LogP contribution < -0.4 is 10.4 Å². The number of aliphatic hydroxyl groups is 1. The summed E-state index contributed by atoms with van der Waals surface area (Å²) in [5.41, 5.74) is 3.62. The molecule has 2 aromatic heterocycles. The van der Waals surface area contributed by atoms with Crippen LogP contribution in [-0.4, -0.2) is 38.8 Å². The molecule has 0 spiro atoms. The first-order chi connectivity index (χ1) is 12.8. The third-order valence-corrected chi connectivity index (χ3v) is 4.88. The molecular formula is C20H26N4O3. The molecule has 7 heteroatoms. The quantitative estimate of drug-likeness (QED) is 0.618. The van der Waals surface area contributed by atoms with E-state index in [1.165, 1.54) is 0 Å². The molecule has 144 valence electrons. The van der Waals surface area contributed by atoms with E-state index in [0.29, 0.717) is 34.3 Å². The normalized spacial score (nSPS) is 12.9. The Morgan fingerprint density at radius 3 is 2.33 bits per heavy atom. The van der Waals surface area contributed by atoms with Gasteiger partial charge in [-0.2, -0.15) is 0 Å². The van der Waals surface area contributed by atoms with Gasteiger partial charge < -0.3 is 9.84 Å². The number of benzene rings is 1. The fraction of sp³-hybridized carbons (Fsp3) is 0.450. The summed E-state index contributed by atoms with van der Waals surface area (Å²) in [5.74, 6) is 0.932. The fourth-order valence-corrected chi connectivity index (χ4v) is 3.21. The maximum atomic E-state index is 11.7. The number of aromatic nitrogens is 4. The molecule has 0 fully saturated rings. The van der Waals surface area contributed by atoms with Crippen molar-refractivity contribution in [1.29, 1.82) is 0 Å². The van der Waals surface area contributed by atoms with Crippen LogP contribution >= 0.6 is 0 Å². The minimum absolute atomic E-state index is 0.0638. The predicted octanol–water partition coefficient (Wildman–Crippen LogP) is 3.18. The Hall–Kier alpha value is -2.67. The lowest BCUT2D eigenvalue weighted by Gasteiger charge is -2.21. The van der Waals surface area contributed by atoms with Crippen LogP contribution in [0.2, 0.25) is 0 Å². The monoisotopic (exact) mass is 370 g/mol. The Bertz CT molecular complexity index is 1000. The summed E-state index contributed by atoms with van der Waals surface area (Å²) in [6.45, 7) is 8.23. The number of hydrogen-bond donors (Lipinski definition) is 3. The van der Waals surface area contributed by atoms with E-state index in [1.807, 2.05) is 32.0 Å². The fourth-order valence-electron chi connectivity index (χ4n) is 3.21. The van der Waals surface area contributed by atoms with Gasteiger partial charge in [-0.3, -0.25) is 9.97 Å². The highest BCUT2D eigenvalue weighted by atomic mass is 16.5. The maximum Gasteiger partial charge on any atom is 0.326 e. The van der Waals surface area contributed by atoms with Crippen molar-refractivity contribution in [2.45, 2.75) is 39.5 Å². The average molecular weight is 370 g/mol. The van der Waals surface area contributed by atoms with Gasteiger partial charge in [0.15, 0.2) is 11.3 Å². The topological polar surface area (TPSA) is 104 Å². The second-order valence-electron chi connectivity index (χ2n) is 7.38. The van der Waals surface area contributed by atoms with Gasteiger partial charge in [0.05, 0.1) is 25.1 Å². The first kappa shape index (κ1) is 19.1. The van der Waals surface area contributed by atoms with Crippen molar-refractivity contribution in [3.63, 3.8) is 0 Å². The van der Waals surface area contributed by atoms with Crippen molar-refractivity contribution in [3.8, 4) is 17.0 Å².